The summed E-state index contributed by atoms with van der Waals surface area (Å²) in [4.78, 5) is 32.0. The molecule has 0 unspecified atom stereocenters. The van der Waals surface area contributed by atoms with E-state index in [0.29, 0.717) is 30.4 Å². The molecule has 2 aromatic heterocycles. The Balaban J connectivity index is 1.36. The molecule has 0 fully saturated rings. The van der Waals surface area contributed by atoms with E-state index in [1.165, 1.54) is 29.5 Å². The third-order valence-corrected chi connectivity index (χ3v) is 7.58. The summed E-state index contributed by atoms with van der Waals surface area (Å²) in [6.07, 6.45) is 0.461. The van der Waals surface area contributed by atoms with Crippen LogP contribution in [0.5, 0.6) is 0 Å². The molecule has 9 nitrogen and oxygen atoms in total. The van der Waals surface area contributed by atoms with Crippen molar-refractivity contribution in [2.24, 2.45) is 0 Å². The van der Waals surface area contributed by atoms with Gasteiger partial charge in [0.05, 0.1) is 22.9 Å². The number of aromatic nitrogens is 2. The second-order valence-corrected chi connectivity index (χ2v) is 10.3. The highest BCUT2D eigenvalue weighted by molar-refractivity contribution is 7.91. The van der Waals surface area contributed by atoms with Gasteiger partial charge >= 0.3 is 0 Å². The SMILES string of the molecule is Cc1cc(C(=O)Nc2nc3c(s2)CN(C(=O)CCS(=O)(=O)c2ccccc2)CC3)no1. The lowest BCUT2D eigenvalue weighted by atomic mass is 10.1. The molecule has 31 heavy (non-hydrogen) atoms. The molecule has 11 heteroatoms. The van der Waals surface area contributed by atoms with Crippen LogP contribution in [0, 0.1) is 6.92 Å². The van der Waals surface area contributed by atoms with Crippen molar-refractivity contribution in [2.75, 3.05) is 17.6 Å². The van der Waals surface area contributed by atoms with E-state index >= 15 is 0 Å². The van der Waals surface area contributed by atoms with Crippen molar-refractivity contribution in [3.8, 4) is 0 Å². The highest BCUT2D eigenvalue weighted by atomic mass is 32.2. The zero-order valence-electron chi connectivity index (χ0n) is 16.7. The summed E-state index contributed by atoms with van der Waals surface area (Å²) >= 11 is 1.29. The Morgan fingerprint density at radius 2 is 2.03 bits per heavy atom. The molecule has 3 heterocycles. The molecule has 1 aliphatic heterocycles. The summed E-state index contributed by atoms with van der Waals surface area (Å²) in [5.74, 6) is -0.337. The van der Waals surface area contributed by atoms with E-state index in [-0.39, 0.29) is 28.7 Å². The second kappa shape index (κ2) is 8.60. The maximum absolute atomic E-state index is 12.6. The van der Waals surface area contributed by atoms with Crippen molar-refractivity contribution in [3.05, 3.63) is 58.4 Å². The number of amides is 2. The molecule has 1 aromatic carbocycles. The van der Waals surface area contributed by atoms with Crippen molar-refractivity contribution >= 4 is 38.1 Å². The Bertz CT molecular complexity index is 1220. The van der Waals surface area contributed by atoms with E-state index in [1.807, 2.05) is 0 Å². The molecule has 1 aliphatic rings. The molecule has 2 amide bonds. The lowest BCUT2D eigenvalue weighted by Gasteiger charge is -2.26. The highest BCUT2D eigenvalue weighted by Gasteiger charge is 2.26. The van der Waals surface area contributed by atoms with Crippen LogP contribution in [0.4, 0.5) is 5.13 Å². The van der Waals surface area contributed by atoms with E-state index in [4.69, 9.17) is 4.52 Å². The van der Waals surface area contributed by atoms with Gasteiger partial charge in [-0.2, -0.15) is 0 Å². The number of nitrogens with one attached hydrogen (secondary N) is 1. The molecule has 0 aliphatic carbocycles. The van der Waals surface area contributed by atoms with Gasteiger partial charge in [0.2, 0.25) is 5.91 Å². The summed E-state index contributed by atoms with van der Waals surface area (Å²) in [5.41, 5.74) is 1.000. The molecule has 0 spiro atoms. The topological polar surface area (TPSA) is 122 Å². The number of nitrogens with zero attached hydrogens (tertiary/aromatic N) is 3. The number of benzene rings is 1. The molecule has 0 bridgehead atoms. The number of sulfone groups is 1. The number of aryl methyl sites for hydroxylation is 1. The van der Waals surface area contributed by atoms with Gasteiger partial charge in [0, 0.05) is 30.3 Å². The zero-order chi connectivity index (χ0) is 22.0. The van der Waals surface area contributed by atoms with Crippen LogP contribution in [0.2, 0.25) is 0 Å². The minimum absolute atomic E-state index is 0.0829. The number of hydrogen-bond acceptors (Lipinski definition) is 8. The van der Waals surface area contributed by atoms with Crippen molar-refractivity contribution in [1.29, 1.82) is 0 Å². The maximum Gasteiger partial charge on any atom is 0.279 e. The highest BCUT2D eigenvalue weighted by Crippen LogP contribution is 2.29. The van der Waals surface area contributed by atoms with Crippen LogP contribution in [0.3, 0.4) is 0 Å². The van der Waals surface area contributed by atoms with E-state index in [9.17, 15) is 18.0 Å². The van der Waals surface area contributed by atoms with Gasteiger partial charge in [0.15, 0.2) is 20.7 Å². The molecule has 0 saturated carbocycles. The number of anilines is 1. The normalized spacial score (nSPS) is 13.6. The fourth-order valence-corrected chi connectivity index (χ4v) is 5.49. The number of carbonyl (C=O) groups excluding carboxylic acids is 2. The third kappa shape index (κ3) is 4.83. The van der Waals surface area contributed by atoms with Gasteiger partial charge in [-0.3, -0.25) is 14.9 Å². The summed E-state index contributed by atoms with van der Waals surface area (Å²) in [5, 5.41) is 6.81. The van der Waals surface area contributed by atoms with Crippen LogP contribution in [0.1, 0.15) is 33.2 Å². The van der Waals surface area contributed by atoms with E-state index in [0.717, 1.165) is 10.6 Å². The Labute approximate surface area is 183 Å². The largest absolute Gasteiger partial charge is 0.361 e. The fourth-order valence-electron chi connectivity index (χ4n) is 3.22. The minimum atomic E-state index is -3.51. The summed E-state index contributed by atoms with van der Waals surface area (Å²) in [7, 11) is -3.51. The molecular weight excluding hydrogens is 440 g/mol. The number of carbonyl (C=O) groups is 2. The molecule has 162 valence electrons. The molecule has 4 rings (SSSR count). The number of hydrogen-bond donors (Lipinski definition) is 1. The van der Waals surface area contributed by atoms with E-state index < -0.39 is 15.7 Å². The molecule has 0 saturated heterocycles. The van der Waals surface area contributed by atoms with Gasteiger partial charge in [0.25, 0.3) is 5.91 Å². The quantitative estimate of drug-likeness (QED) is 0.599. The minimum Gasteiger partial charge on any atom is -0.361 e. The van der Waals surface area contributed by atoms with Gasteiger partial charge in [-0.15, -0.1) is 0 Å². The van der Waals surface area contributed by atoms with Crippen molar-refractivity contribution in [2.45, 2.75) is 31.2 Å². The van der Waals surface area contributed by atoms with Crippen LogP contribution >= 0.6 is 11.3 Å². The molecule has 0 atom stereocenters. The Kier molecular flexibility index (Phi) is 5.88. The van der Waals surface area contributed by atoms with Crippen LogP contribution < -0.4 is 5.32 Å². The van der Waals surface area contributed by atoms with Crippen LogP contribution in [0.25, 0.3) is 0 Å². The predicted octanol–water partition coefficient (Wildman–Crippen LogP) is 2.44. The first kappa shape index (κ1) is 21.2. The van der Waals surface area contributed by atoms with Gasteiger partial charge in [-0.1, -0.05) is 34.7 Å². The lowest BCUT2D eigenvalue weighted by molar-refractivity contribution is -0.131. The van der Waals surface area contributed by atoms with Gasteiger partial charge in [-0.25, -0.2) is 13.4 Å². The van der Waals surface area contributed by atoms with Crippen LogP contribution in [-0.2, 0) is 27.6 Å². The third-order valence-electron chi connectivity index (χ3n) is 4.85. The van der Waals surface area contributed by atoms with Gasteiger partial charge in [-0.05, 0) is 19.1 Å². The summed E-state index contributed by atoms with van der Waals surface area (Å²) < 4.78 is 29.7. The first-order chi connectivity index (χ1) is 14.8. The fraction of sp³-hybridized carbons (Fsp3) is 0.300. The van der Waals surface area contributed by atoms with E-state index in [1.54, 1.807) is 30.0 Å². The second-order valence-electron chi connectivity index (χ2n) is 7.11. The Morgan fingerprint density at radius 3 is 2.74 bits per heavy atom. The lowest BCUT2D eigenvalue weighted by Crippen LogP contribution is -2.36. The summed E-state index contributed by atoms with van der Waals surface area (Å²) in [6, 6.07) is 9.65. The monoisotopic (exact) mass is 460 g/mol. The Hall–Kier alpha value is -3.05. The smallest absolute Gasteiger partial charge is 0.279 e. The number of thiazole rings is 1. The Morgan fingerprint density at radius 1 is 1.26 bits per heavy atom. The average Bonchev–Trinajstić information content (AvgIpc) is 3.37. The molecule has 3 aromatic rings. The van der Waals surface area contributed by atoms with Crippen molar-refractivity contribution in [3.63, 3.8) is 0 Å². The predicted molar refractivity (Wildman–Crippen MR) is 114 cm³/mol. The molecule has 0 radical (unpaired) electrons. The van der Waals surface area contributed by atoms with Gasteiger partial charge < -0.3 is 9.42 Å². The molecule has 1 N–H and O–H groups in total. The first-order valence-corrected chi connectivity index (χ1v) is 12.1. The number of fused-ring (bicyclic) bond motifs is 1. The number of rotatable bonds is 6. The summed E-state index contributed by atoms with van der Waals surface area (Å²) in [6.45, 7) is 2.50. The van der Waals surface area contributed by atoms with Crippen molar-refractivity contribution < 1.29 is 22.5 Å². The van der Waals surface area contributed by atoms with Crippen molar-refractivity contribution in [1.82, 2.24) is 15.0 Å². The van der Waals surface area contributed by atoms with E-state index in [2.05, 4.69) is 15.5 Å². The first-order valence-electron chi connectivity index (χ1n) is 9.60. The average molecular weight is 461 g/mol. The zero-order valence-corrected chi connectivity index (χ0v) is 18.3. The molecular formula is C20H20N4O5S2. The maximum atomic E-state index is 12.6. The van der Waals surface area contributed by atoms with Crippen LogP contribution in [-0.4, -0.2) is 47.6 Å². The van der Waals surface area contributed by atoms with Gasteiger partial charge in [0.1, 0.15) is 5.76 Å². The van der Waals surface area contributed by atoms with Crippen LogP contribution in [0.15, 0.2) is 45.8 Å². The standard InChI is InChI=1S/C20H20N4O5S2/c1-13-11-16(23-29-13)19(26)22-20-21-15-7-9-24(12-17(15)30-20)18(25)8-10-31(27,28)14-5-3-2-4-6-14/h2-6,11H,7-10,12H2,1H3,(H,21,22,26).